The molecule has 0 bridgehead atoms. The topological polar surface area (TPSA) is 51.5 Å². The number of hydrogen-bond acceptors (Lipinski definition) is 4. The normalized spacial score (nSPS) is 17.3. The van der Waals surface area contributed by atoms with Crippen LogP contribution in [0.5, 0.6) is 5.75 Å². The molecule has 1 unspecified atom stereocenters. The minimum Gasteiger partial charge on any atom is -0.493 e. The summed E-state index contributed by atoms with van der Waals surface area (Å²) in [6, 6.07) is 12.3. The SMILES string of the molecule is Cc1ccc2nc(NC3CCOc4ccccc43)nn2c1. The number of benzene rings is 1. The molecule has 21 heavy (non-hydrogen) atoms. The standard InChI is InChI=1S/C16H16N4O/c1-11-6-7-15-18-16(19-20(15)10-11)17-13-8-9-21-14-5-3-2-4-12(13)14/h2-7,10,13H,8-9H2,1H3,(H,17,19). The summed E-state index contributed by atoms with van der Waals surface area (Å²) in [6.07, 6.45) is 2.89. The summed E-state index contributed by atoms with van der Waals surface area (Å²) in [5, 5.41) is 7.92. The van der Waals surface area contributed by atoms with Crippen LogP contribution >= 0.6 is 0 Å². The van der Waals surface area contributed by atoms with Crippen molar-refractivity contribution in [2.24, 2.45) is 0 Å². The highest BCUT2D eigenvalue weighted by atomic mass is 16.5. The Balaban J connectivity index is 1.66. The van der Waals surface area contributed by atoms with Crippen molar-refractivity contribution < 1.29 is 4.74 Å². The molecule has 4 rings (SSSR count). The molecule has 106 valence electrons. The Hall–Kier alpha value is -2.56. The zero-order chi connectivity index (χ0) is 14.2. The number of fused-ring (bicyclic) bond motifs is 2. The van der Waals surface area contributed by atoms with E-state index in [0.717, 1.165) is 23.4 Å². The Labute approximate surface area is 122 Å². The summed E-state index contributed by atoms with van der Waals surface area (Å²) in [6.45, 7) is 2.75. The van der Waals surface area contributed by atoms with E-state index in [1.54, 1.807) is 0 Å². The summed E-state index contributed by atoms with van der Waals surface area (Å²) >= 11 is 0. The van der Waals surface area contributed by atoms with Crippen LogP contribution in [-0.2, 0) is 0 Å². The second-order valence-corrected chi connectivity index (χ2v) is 5.32. The number of nitrogens with one attached hydrogen (secondary N) is 1. The van der Waals surface area contributed by atoms with Crippen LogP contribution in [0.3, 0.4) is 0 Å². The molecule has 3 heterocycles. The molecule has 5 heteroatoms. The lowest BCUT2D eigenvalue weighted by atomic mass is 10.0. The smallest absolute Gasteiger partial charge is 0.243 e. The number of rotatable bonds is 2. The van der Waals surface area contributed by atoms with E-state index in [0.29, 0.717) is 12.6 Å². The molecule has 1 atom stereocenters. The lowest BCUT2D eigenvalue weighted by molar-refractivity contribution is 0.274. The van der Waals surface area contributed by atoms with Gasteiger partial charge in [0.15, 0.2) is 5.65 Å². The van der Waals surface area contributed by atoms with Crippen molar-refractivity contribution in [3.8, 4) is 5.75 Å². The first kappa shape index (κ1) is 12.2. The van der Waals surface area contributed by atoms with E-state index < -0.39 is 0 Å². The Kier molecular flexibility index (Phi) is 2.77. The molecule has 2 aromatic heterocycles. The fourth-order valence-corrected chi connectivity index (χ4v) is 2.69. The quantitative estimate of drug-likeness (QED) is 0.784. The highest BCUT2D eigenvalue weighted by Gasteiger charge is 2.22. The van der Waals surface area contributed by atoms with Crippen LogP contribution in [-0.4, -0.2) is 21.2 Å². The minimum atomic E-state index is 0.188. The Morgan fingerprint density at radius 3 is 3.10 bits per heavy atom. The summed E-state index contributed by atoms with van der Waals surface area (Å²) in [7, 11) is 0. The molecule has 5 nitrogen and oxygen atoms in total. The van der Waals surface area contributed by atoms with Crippen LogP contribution in [0.25, 0.3) is 5.65 Å². The molecule has 1 aliphatic rings. The van der Waals surface area contributed by atoms with Gasteiger partial charge < -0.3 is 10.1 Å². The number of aromatic nitrogens is 3. The van der Waals surface area contributed by atoms with Gasteiger partial charge in [0.1, 0.15) is 5.75 Å². The zero-order valence-corrected chi connectivity index (χ0v) is 11.8. The van der Waals surface area contributed by atoms with Crippen molar-refractivity contribution in [2.45, 2.75) is 19.4 Å². The van der Waals surface area contributed by atoms with Crippen molar-refractivity contribution in [1.82, 2.24) is 14.6 Å². The van der Waals surface area contributed by atoms with Crippen LogP contribution in [0.2, 0.25) is 0 Å². The molecular weight excluding hydrogens is 264 g/mol. The van der Waals surface area contributed by atoms with Crippen LogP contribution < -0.4 is 10.1 Å². The molecular formula is C16H16N4O. The highest BCUT2D eigenvalue weighted by Crippen LogP contribution is 2.33. The van der Waals surface area contributed by atoms with Gasteiger partial charge in [-0.3, -0.25) is 0 Å². The number of aryl methyl sites for hydroxylation is 1. The first-order chi connectivity index (χ1) is 10.3. The summed E-state index contributed by atoms with van der Waals surface area (Å²) in [5.74, 6) is 1.60. The summed E-state index contributed by atoms with van der Waals surface area (Å²) in [5.41, 5.74) is 3.18. The van der Waals surface area contributed by atoms with Crippen molar-refractivity contribution >= 4 is 11.6 Å². The van der Waals surface area contributed by atoms with E-state index in [1.165, 1.54) is 5.56 Å². The lowest BCUT2D eigenvalue weighted by Crippen LogP contribution is -2.20. The molecule has 0 spiro atoms. The Morgan fingerprint density at radius 2 is 2.14 bits per heavy atom. The van der Waals surface area contributed by atoms with Gasteiger partial charge in [0.2, 0.25) is 5.95 Å². The van der Waals surface area contributed by atoms with Crippen LogP contribution in [0.15, 0.2) is 42.6 Å². The molecule has 1 aliphatic heterocycles. The Bertz CT molecular complexity index is 796. The van der Waals surface area contributed by atoms with Crippen LogP contribution in [0, 0.1) is 6.92 Å². The third-order valence-electron chi connectivity index (χ3n) is 3.74. The van der Waals surface area contributed by atoms with Crippen molar-refractivity contribution in [3.63, 3.8) is 0 Å². The van der Waals surface area contributed by atoms with E-state index in [-0.39, 0.29) is 6.04 Å². The molecule has 0 radical (unpaired) electrons. The predicted octanol–water partition coefficient (Wildman–Crippen LogP) is 2.97. The fourth-order valence-electron chi connectivity index (χ4n) is 2.69. The van der Waals surface area contributed by atoms with E-state index >= 15 is 0 Å². The Morgan fingerprint density at radius 1 is 1.24 bits per heavy atom. The first-order valence-corrected chi connectivity index (χ1v) is 7.11. The molecule has 0 saturated carbocycles. The van der Waals surface area contributed by atoms with Crippen molar-refractivity contribution in [2.75, 3.05) is 11.9 Å². The third-order valence-corrected chi connectivity index (χ3v) is 3.74. The largest absolute Gasteiger partial charge is 0.493 e. The van der Waals surface area contributed by atoms with E-state index in [9.17, 15) is 0 Å². The second kappa shape index (κ2) is 4.77. The van der Waals surface area contributed by atoms with Gasteiger partial charge in [-0.2, -0.15) is 4.98 Å². The molecule has 1 aromatic carbocycles. The van der Waals surface area contributed by atoms with Gasteiger partial charge in [-0.25, -0.2) is 4.52 Å². The van der Waals surface area contributed by atoms with Gasteiger partial charge in [-0.05, 0) is 24.6 Å². The van der Waals surface area contributed by atoms with Crippen molar-refractivity contribution in [3.05, 3.63) is 53.7 Å². The molecule has 3 aromatic rings. The average molecular weight is 280 g/mol. The molecule has 0 aliphatic carbocycles. The van der Waals surface area contributed by atoms with E-state index in [2.05, 4.69) is 21.5 Å². The van der Waals surface area contributed by atoms with Crippen LogP contribution in [0.4, 0.5) is 5.95 Å². The molecule has 0 amide bonds. The third kappa shape index (κ3) is 2.20. The fraction of sp³-hybridized carbons (Fsp3) is 0.250. The first-order valence-electron chi connectivity index (χ1n) is 7.11. The number of hydrogen-bond donors (Lipinski definition) is 1. The summed E-state index contributed by atoms with van der Waals surface area (Å²) < 4.78 is 7.49. The molecule has 1 N–H and O–H groups in total. The number of para-hydroxylation sites is 1. The van der Waals surface area contributed by atoms with Crippen LogP contribution in [0.1, 0.15) is 23.6 Å². The van der Waals surface area contributed by atoms with Gasteiger partial charge in [-0.1, -0.05) is 24.3 Å². The lowest BCUT2D eigenvalue weighted by Gasteiger charge is -2.26. The van der Waals surface area contributed by atoms with Crippen molar-refractivity contribution in [1.29, 1.82) is 0 Å². The average Bonchev–Trinajstić information content (AvgIpc) is 2.89. The van der Waals surface area contributed by atoms with Gasteiger partial charge in [0.05, 0.1) is 12.6 Å². The van der Waals surface area contributed by atoms with Gasteiger partial charge in [0, 0.05) is 18.2 Å². The maximum absolute atomic E-state index is 5.68. The predicted molar refractivity (Wildman–Crippen MR) is 80.6 cm³/mol. The second-order valence-electron chi connectivity index (χ2n) is 5.32. The maximum atomic E-state index is 5.68. The van der Waals surface area contributed by atoms with Gasteiger partial charge in [-0.15, -0.1) is 5.10 Å². The molecule has 0 saturated heterocycles. The monoisotopic (exact) mass is 280 g/mol. The number of anilines is 1. The van der Waals surface area contributed by atoms with E-state index in [4.69, 9.17) is 4.74 Å². The number of ether oxygens (including phenoxy) is 1. The highest BCUT2D eigenvalue weighted by molar-refractivity contribution is 5.47. The summed E-state index contributed by atoms with van der Waals surface area (Å²) in [4.78, 5) is 4.52. The zero-order valence-electron chi connectivity index (χ0n) is 11.8. The van der Waals surface area contributed by atoms with Gasteiger partial charge in [0.25, 0.3) is 0 Å². The molecule has 0 fully saturated rings. The minimum absolute atomic E-state index is 0.188. The van der Waals surface area contributed by atoms with E-state index in [1.807, 2.05) is 48.0 Å². The van der Waals surface area contributed by atoms with Gasteiger partial charge >= 0.3 is 0 Å². The number of pyridine rings is 1. The maximum Gasteiger partial charge on any atom is 0.243 e. The number of nitrogens with zero attached hydrogens (tertiary/aromatic N) is 3.